The SMILES string of the molecule is COc1ccc(N(C(=O)C2CCC(=O)N2)C(C(=O)NC2CCCCC2)c2ccc(F)cc2)cc1. The predicted molar refractivity (Wildman–Crippen MR) is 126 cm³/mol. The maximum atomic E-state index is 13.8. The molecule has 4 rings (SSSR count). The van der Waals surface area contributed by atoms with E-state index in [2.05, 4.69) is 10.6 Å². The van der Waals surface area contributed by atoms with Crippen molar-refractivity contribution in [3.05, 3.63) is 59.9 Å². The first-order valence-electron chi connectivity index (χ1n) is 11.8. The zero-order valence-electron chi connectivity index (χ0n) is 19.3. The van der Waals surface area contributed by atoms with Crippen LogP contribution in [-0.4, -0.2) is 36.9 Å². The summed E-state index contributed by atoms with van der Waals surface area (Å²) < 4.78 is 19.0. The van der Waals surface area contributed by atoms with Gasteiger partial charge in [0.15, 0.2) is 0 Å². The monoisotopic (exact) mass is 467 g/mol. The number of halogens is 1. The van der Waals surface area contributed by atoms with E-state index < -0.39 is 17.9 Å². The summed E-state index contributed by atoms with van der Waals surface area (Å²) in [6.07, 6.45) is 5.61. The summed E-state index contributed by atoms with van der Waals surface area (Å²) in [4.78, 5) is 40.7. The Morgan fingerprint density at radius 1 is 1.03 bits per heavy atom. The van der Waals surface area contributed by atoms with Crippen molar-refractivity contribution in [1.82, 2.24) is 10.6 Å². The second-order valence-electron chi connectivity index (χ2n) is 8.86. The lowest BCUT2D eigenvalue weighted by atomic mass is 9.94. The molecule has 3 amide bonds. The highest BCUT2D eigenvalue weighted by Crippen LogP contribution is 2.32. The van der Waals surface area contributed by atoms with Gasteiger partial charge in [-0.05, 0) is 61.2 Å². The summed E-state index contributed by atoms with van der Waals surface area (Å²) in [5.41, 5.74) is 0.975. The van der Waals surface area contributed by atoms with Gasteiger partial charge in [0, 0.05) is 18.2 Å². The van der Waals surface area contributed by atoms with Crippen molar-refractivity contribution in [2.24, 2.45) is 0 Å². The van der Waals surface area contributed by atoms with Crippen molar-refractivity contribution in [1.29, 1.82) is 0 Å². The van der Waals surface area contributed by atoms with Gasteiger partial charge in [0.1, 0.15) is 23.7 Å². The maximum absolute atomic E-state index is 13.8. The number of nitrogens with zero attached hydrogens (tertiary/aromatic N) is 1. The molecule has 0 aromatic heterocycles. The minimum absolute atomic E-state index is 0.0307. The van der Waals surface area contributed by atoms with Crippen LogP contribution in [0.1, 0.15) is 56.6 Å². The number of nitrogens with one attached hydrogen (secondary N) is 2. The lowest BCUT2D eigenvalue weighted by molar-refractivity contribution is -0.128. The van der Waals surface area contributed by atoms with Gasteiger partial charge in [0.05, 0.1) is 7.11 Å². The lowest BCUT2D eigenvalue weighted by Crippen LogP contribution is -2.51. The Labute approximate surface area is 198 Å². The molecule has 0 radical (unpaired) electrons. The van der Waals surface area contributed by atoms with Crippen LogP contribution in [0.4, 0.5) is 10.1 Å². The average Bonchev–Trinajstić information content (AvgIpc) is 3.30. The van der Waals surface area contributed by atoms with Gasteiger partial charge in [-0.3, -0.25) is 19.3 Å². The van der Waals surface area contributed by atoms with Crippen LogP contribution >= 0.6 is 0 Å². The topological polar surface area (TPSA) is 87.7 Å². The van der Waals surface area contributed by atoms with E-state index in [0.717, 1.165) is 32.1 Å². The summed E-state index contributed by atoms with van der Waals surface area (Å²) in [7, 11) is 1.55. The van der Waals surface area contributed by atoms with Crippen molar-refractivity contribution in [3.63, 3.8) is 0 Å². The van der Waals surface area contributed by atoms with Crippen molar-refractivity contribution in [3.8, 4) is 5.75 Å². The van der Waals surface area contributed by atoms with Crippen LogP contribution < -0.4 is 20.3 Å². The van der Waals surface area contributed by atoms with Crippen LogP contribution in [0, 0.1) is 5.82 Å². The zero-order valence-corrected chi connectivity index (χ0v) is 19.3. The Bertz CT molecular complexity index is 1020. The summed E-state index contributed by atoms with van der Waals surface area (Å²) in [6.45, 7) is 0. The quantitative estimate of drug-likeness (QED) is 0.651. The maximum Gasteiger partial charge on any atom is 0.250 e. The van der Waals surface area contributed by atoms with Crippen LogP contribution in [0.15, 0.2) is 48.5 Å². The van der Waals surface area contributed by atoms with Crippen LogP contribution in [0.25, 0.3) is 0 Å². The van der Waals surface area contributed by atoms with E-state index in [1.165, 1.54) is 29.2 Å². The molecule has 2 fully saturated rings. The first-order valence-corrected chi connectivity index (χ1v) is 11.8. The molecule has 8 heteroatoms. The Morgan fingerprint density at radius 3 is 2.29 bits per heavy atom. The molecule has 2 aromatic carbocycles. The highest BCUT2D eigenvalue weighted by Gasteiger charge is 2.39. The average molecular weight is 468 g/mol. The second kappa shape index (κ2) is 10.7. The van der Waals surface area contributed by atoms with Crippen LogP contribution in [0.2, 0.25) is 0 Å². The number of carbonyl (C=O) groups is 3. The highest BCUT2D eigenvalue weighted by molar-refractivity contribution is 6.05. The first-order chi connectivity index (χ1) is 16.5. The number of rotatable bonds is 7. The summed E-state index contributed by atoms with van der Waals surface area (Å²) in [5, 5.41) is 5.84. The molecule has 0 bridgehead atoms. The van der Waals surface area contributed by atoms with Crippen LogP contribution in [-0.2, 0) is 14.4 Å². The van der Waals surface area contributed by atoms with Crippen molar-refractivity contribution >= 4 is 23.4 Å². The fourth-order valence-corrected chi connectivity index (χ4v) is 4.70. The molecular weight excluding hydrogens is 437 g/mol. The lowest BCUT2D eigenvalue weighted by Gasteiger charge is -2.34. The molecule has 2 unspecified atom stereocenters. The van der Waals surface area contributed by atoms with Crippen molar-refractivity contribution in [2.75, 3.05) is 12.0 Å². The third-order valence-corrected chi connectivity index (χ3v) is 6.53. The van der Waals surface area contributed by atoms with Crippen molar-refractivity contribution in [2.45, 2.75) is 63.1 Å². The molecule has 2 aliphatic rings. The molecule has 34 heavy (non-hydrogen) atoms. The minimum Gasteiger partial charge on any atom is -0.497 e. The van der Waals surface area contributed by atoms with E-state index in [4.69, 9.17) is 4.74 Å². The summed E-state index contributed by atoms with van der Waals surface area (Å²) in [6, 6.07) is 10.7. The molecule has 1 aliphatic carbocycles. The number of amides is 3. The third kappa shape index (κ3) is 5.38. The van der Waals surface area contributed by atoms with Crippen LogP contribution in [0.3, 0.4) is 0 Å². The van der Waals surface area contributed by atoms with Gasteiger partial charge in [0.2, 0.25) is 11.8 Å². The third-order valence-electron chi connectivity index (χ3n) is 6.53. The Balaban J connectivity index is 1.74. The molecule has 7 nitrogen and oxygen atoms in total. The molecule has 1 saturated carbocycles. The normalized spacial score (nSPS) is 19.2. The number of hydrogen-bond acceptors (Lipinski definition) is 4. The van der Waals surface area contributed by atoms with Crippen LogP contribution in [0.5, 0.6) is 5.75 Å². The Hall–Kier alpha value is -3.42. The van der Waals surface area contributed by atoms with E-state index in [1.807, 2.05) is 0 Å². The van der Waals surface area contributed by atoms with E-state index in [-0.39, 0.29) is 30.2 Å². The van der Waals surface area contributed by atoms with E-state index in [0.29, 0.717) is 23.4 Å². The van der Waals surface area contributed by atoms with Gasteiger partial charge in [0.25, 0.3) is 5.91 Å². The molecule has 1 saturated heterocycles. The van der Waals surface area contributed by atoms with Gasteiger partial charge in [-0.25, -0.2) is 4.39 Å². The fourth-order valence-electron chi connectivity index (χ4n) is 4.70. The number of anilines is 1. The van der Waals surface area contributed by atoms with Gasteiger partial charge in [-0.15, -0.1) is 0 Å². The number of benzene rings is 2. The fraction of sp³-hybridized carbons (Fsp3) is 0.423. The molecule has 2 atom stereocenters. The van der Waals surface area contributed by atoms with Gasteiger partial charge in [-0.1, -0.05) is 31.4 Å². The second-order valence-corrected chi connectivity index (χ2v) is 8.86. The Morgan fingerprint density at radius 2 is 1.71 bits per heavy atom. The van der Waals surface area contributed by atoms with Crippen molar-refractivity contribution < 1.29 is 23.5 Å². The molecule has 2 aromatic rings. The number of ether oxygens (including phenoxy) is 1. The molecule has 0 spiro atoms. The molecule has 1 aliphatic heterocycles. The number of carbonyl (C=O) groups excluding carboxylic acids is 3. The summed E-state index contributed by atoms with van der Waals surface area (Å²) >= 11 is 0. The zero-order chi connectivity index (χ0) is 24.1. The minimum atomic E-state index is -1.03. The van der Waals surface area contributed by atoms with E-state index >= 15 is 0 Å². The standard InChI is InChI=1S/C26H30FN3O4/c1-34-21-13-11-20(12-14-21)30(26(33)22-15-16-23(31)29-22)24(17-7-9-18(27)10-8-17)25(32)28-19-5-3-2-4-6-19/h7-14,19,22,24H,2-6,15-16H2,1H3,(H,28,32)(H,29,31). The van der Waals surface area contributed by atoms with Gasteiger partial charge < -0.3 is 15.4 Å². The smallest absolute Gasteiger partial charge is 0.250 e. The highest BCUT2D eigenvalue weighted by atomic mass is 19.1. The van der Waals surface area contributed by atoms with Gasteiger partial charge >= 0.3 is 0 Å². The number of methoxy groups -OCH3 is 1. The first kappa shape index (κ1) is 23.7. The summed E-state index contributed by atoms with van der Waals surface area (Å²) in [5.74, 6) is -0.731. The number of hydrogen-bond donors (Lipinski definition) is 2. The van der Waals surface area contributed by atoms with E-state index in [1.54, 1.807) is 31.4 Å². The molecular formula is C26H30FN3O4. The predicted octanol–water partition coefficient (Wildman–Crippen LogP) is 3.64. The van der Waals surface area contributed by atoms with Gasteiger partial charge in [-0.2, -0.15) is 0 Å². The molecule has 180 valence electrons. The largest absolute Gasteiger partial charge is 0.497 e. The molecule has 1 heterocycles. The molecule has 2 N–H and O–H groups in total. The Kier molecular flexibility index (Phi) is 7.45. The van der Waals surface area contributed by atoms with E-state index in [9.17, 15) is 18.8 Å².